The van der Waals surface area contributed by atoms with Crippen LogP contribution < -0.4 is 0 Å². The summed E-state index contributed by atoms with van der Waals surface area (Å²) < 4.78 is 28.1. The fourth-order valence-corrected chi connectivity index (χ4v) is 1.91. The average molecular weight is 266 g/mol. The minimum Gasteiger partial charge on any atom is -0.302 e. The molecule has 0 spiro atoms. The lowest BCUT2D eigenvalue weighted by atomic mass is 10.1. The second kappa shape index (κ2) is 4.03. The Bertz CT molecular complexity index is 739. The molecule has 0 saturated carbocycles. The Labute approximate surface area is 106 Å². The molecule has 0 unspecified atom stereocenters. The Morgan fingerprint density at radius 1 is 1.22 bits per heavy atom. The Kier molecular flexibility index (Phi) is 2.48. The summed E-state index contributed by atoms with van der Waals surface area (Å²) in [5.41, 5.74) is 1.02. The van der Waals surface area contributed by atoms with E-state index in [0.717, 1.165) is 6.07 Å². The van der Waals surface area contributed by atoms with Crippen molar-refractivity contribution >= 4 is 17.2 Å². The molecule has 90 valence electrons. The molecule has 0 aliphatic heterocycles. The van der Waals surface area contributed by atoms with Crippen LogP contribution in [-0.4, -0.2) is 14.4 Å². The van der Waals surface area contributed by atoms with E-state index < -0.39 is 11.6 Å². The Balaban J connectivity index is 2.23. The van der Waals surface area contributed by atoms with E-state index in [1.54, 1.807) is 16.8 Å². The third-order valence-electron chi connectivity index (χ3n) is 2.54. The van der Waals surface area contributed by atoms with Gasteiger partial charge in [0, 0.05) is 30.2 Å². The van der Waals surface area contributed by atoms with Crippen molar-refractivity contribution in [3.63, 3.8) is 0 Å². The van der Waals surface area contributed by atoms with E-state index in [9.17, 15) is 8.78 Å². The van der Waals surface area contributed by atoms with E-state index in [1.165, 1.54) is 18.3 Å². The van der Waals surface area contributed by atoms with Crippen molar-refractivity contribution in [1.82, 2.24) is 14.4 Å². The van der Waals surface area contributed by atoms with Crippen LogP contribution in [0.4, 0.5) is 8.78 Å². The molecular formula is C12H6ClF2N3. The molecule has 6 heteroatoms. The van der Waals surface area contributed by atoms with Gasteiger partial charge in [0.2, 0.25) is 0 Å². The molecule has 0 amide bonds. The van der Waals surface area contributed by atoms with Gasteiger partial charge in [-0.3, -0.25) is 0 Å². The van der Waals surface area contributed by atoms with Crippen molar-refractivity contribution < 1.29 is 8.78 Å². The SMILES string of the molecule is Fc1ccc(-c2cn3ccnc(Cl)c3n2)c(F)c1. The molecule has 0 fully saturated rings. The van der Waals surface area contributed by atoms with Gasteiger partial charge in [-0.05, 0) is 12.1 Å². The van der Waals surface area contributed by atoms with Gasteiger partial charge in [0.05, 0.1) is 5.69 Å². The highest BCUT2D eigenvalue weighted by molar-refractivity contribution is 6.32. The molecule has 0 saturated heterocycles. The highest BCUT2D eigenvalue weighted by atomic mass is 35.5. The molecular weight excluding hydrogens is 260 g/mol. The van der Waals surface area contributed by atoms with Crippen LogP contribution in [0, 0.1) is 11.6 Å². The predicted octanol–water partition coefficient (Wildman–Crippen LogP) is 3.33. The van der Waals surface area contributed by atoms with E-state index in [4.69, 9.17) is 11.6 Å². The van der Waals surface area contributed by atoms with Gasteiger partial charge in [-0.15, -0.1) is 0 Å². The van der Waals surface area contributed by atoms with Crippen LogP contribution >= 0.6 is 11.6 Å². The third-order valence-corrected chi connectivity index (χ3v) is 2.81. The number of imidazole rings is 1. The lowest BCUT2D eigenvalue weighted by Crippen LogP contribution is -1.86. The maximum atomic E-state index is 13.6. The standard InChI is InChI=1S/C12H6ClF2N3/c13-11-12-17-10(6-18(12)4-3-16-11)8-2-1-7(14)5-9(8)15/h1-6H. The minimum atomic E-state index is -0.664. The lowest BCUT2D eigenvalue weighted by molar-refractivity contribution is 0.585. The molecule has 0 radical (unpaired) electrons. The van der Waals surface area contributed by atoms with Crippen LogP contribution in [-0.2, 0) is 0 Å². The maximum Gasteiger partial charge on any atom is 0.175 e. The van der Waals surface area contributed by atoms with Crippen molar-refractivity contribution in [2.45, 2.75) is 0 Å². The third kappa shape index (κ3) is 1.73. The summed E-state index contributed by atoms with van der Waals surface area (Å²) in [5.74, 6) is -1.29. The van der Waals surface area contributed by atoms with Crippen molar-refractivity contribution in [3.8, 4) is 11.3 Å². The van der Waals surface area contributed by atoms with Crippen LogP contribution in [0.15, 0.2) is 36.8 Å². The molecule has 0 aliphatic carbocycles. The molecule has 3 rings (SSSR count). The Morgan fingerprint density at radius 3 is 2.78 bits per heavy atom. The second-order valence-corrected chi connectivity index (χ2v) is 4.06. The van der Waals surface area contributed by atoms with E-state index in [-0.39, 0.29) is 10.7 Å². The van der Waals surface area contributed by atoms with Crippen molar-refractivity contribution in [1.29, 1.82) is 0 Å². The molecule has 18 heavy (non-hydrogen) atoms. The van der Waals surface area contributed by atoms with Crippen molar-refractivity contribution in [3.05, 3.63) is 53.6 Å². The number of aromatic nitrogens is 3. The number of rotatable bonds is 1. The number of hydrogen-bond acceptors (Lipinski definition) is 2. The first-order valence-corrected chi connectivity index (χ1v) is 5.47. The lowest BCUT2D eigenvalue weighted by Gasteiger charge is -1.98. The summed E-state index contributed by atoms with van der Waals surface area (Å²) in [7, 11) is 0. The summed E-state index contributed by atoms with van der Waals surface area (Å²) >= 11 is 5.87. The van der Waals surface area contributed by atoms with Crippen molar-refractivity contribution in [2.24, 2.45) is 0 Å². The molecule has 0 bridgehead atoms. The fourth-order valence-electron chi connectivity index (χ4n) is 1.72. The maximum absolute atomic E-state index is 13.6. The molecule has 1 aromatic carbocycles. The number of fused-ring (bicyclic) bond motifs is 1. The first-order valence-electron chi connectivity index (χ1n) is 5.10. The summed E-state index contributed by atoms with van der Waals surface area (Å²) in [6, 6.07) is 3.34. The normalized spacial score (nSPS) is 11.1. The molecule has 0 N–H and O–H groups in total. The van der Waals surface area contributed by atoms with Gasteiger partial charge >= 0.3 is 0 Å². The topological polar surface area (TPSA) is 30.2 Å². The quantitative estimate of drug-likeness (QED) is 0.676. The van der Waals surface area contributed by atoms with Gasteiger partial charge < -0.3 is 4.40 Å². The molecule has 2 aromatic heterocycles. The van der Waals surface area contributed by atoms with Gasteiger partial charge in [0.15, 0.2) is 10.8 Å². The zero-order valence-electron chi connectivity index (χ0n) is 8.94. The smallest absolute Gasteiger partial charge is 0.175 e. The van der Waals surface area contributed by atoms with Crippen molar-refractivity contribution in [2.75, 3.05) is 0 Å². The fraction of sp³-hybridized carbons (Fsp3) is 0. The first kappa shape index (κ1) is 11.1. The number of nitrogens with zero attached hydrogens (tertiary/aromatic N) is 3. The Hall–Kier alpha value is -2.01. The molecule has 2 heterocycles. The molecule has 0 atom stereocenters. The number of hydrogen-bond donors (Lipinski definition) is 0. The van der Waals surface area contributed by atoms with Crippen LogP contribution in [0.1, 0.15) is 0 Å². The highest BCUT2D eigenvalue weighted by Crippen LogP contribution is 2.24. The monoisotopic (exact) mass is 265 g/mol. The molecule has 3 nitrogen and oxygen atoms in total. The van der Waals surface area contributed by atoms with E-state index in [0.29, 0.717) is 11.3 Å². The van der Waals surface area contributed by atoms with Gasteiger partial charge in [0.25, 0.3) is 0 Å². The second-order valence-electron chi connectivity index (χ2n) is 3.70. The van der Waals surface area contributed by atoms with Gasteiger partial charge in [-0.25, -0.2) is 18.7 Å². The van der Waals surface area contributed by atoms with Gasteiger partial charge in [-0.2, -0.15) is 0 Å². The average Bonchev–Trinajstić information content (AvgIpc) is 2.74. The molecule has 3 aromatic rings. The van der Waals surface area contributed by atoms with Crippen LogP contribution in [0.2, 0.25) is 5.15 Å². The van der Waals surface area contributed by atoms with Crippen LogP contribution in [0.25, 0.3) is 16.9 Å². The predicted molar refractivity (Wildman–Crippen MR) is 63.3 cm³/mol. The summed E-state index contributed by atoms with van der Waals surface area (Å²) in [5, 5.41) is 0.228. The van der Waals surface area contributed by atoms with Crippen LogP contribution in [0.5, 0.6) is 0 Å². The van der Waals surface area contributed by atoms with Gasteiger partial charge in [0.1, 0.15) is 11.6 Å². The van der Waals surface area contributed by atoms with Crippen LogP contribution in [0.3, 0.4) is 0 Å². The Morgan fingerprint density at radius 2 is 2.06 bits per heavy atom. The summed E-state index contributed by atoms with van der Waals surface area (Å²) in [4.78, 5) is 8.06. The zero-order chi connectivity index (χ0) is 12.7. The van der Waals surface area contributed by atoms with E-state index in [1.807, 2.05) is 0 Å². The summed E-state index contributed by atoms with van der Waals surface area (Å²) in [6.07, 6.45) is 4.78. The summed E-state index contributed by atoms with van der Waals surface area (Å²) in [6.45, 7) is 0. The molecule has 0 aliphatic rings. The first-order chi connectivity index (χ1) is 8.65. The minimum absolute atomic E-state index is 0.219. The van der Waals surface area contributed by atoms with E-state index in [2.05, 4.69) is 9.97 Å². The largest absolute Gasteiger partial charge is 0.302 e. The van der Waals surface area contributed by atoms with Gasteiger partial charge in [-0.1, -0.05) is 11.6 Å². The zero-order valence-corrected chi connectivity index (χ0v) is 9.70. The number of benzene rings is 1. The van der Waals surface area contributed by atoms with E-state index >= 15 is 0 Å². The highest BCUT2D eigenvalue weighted by Gasteiger charge is 2.11. The number of halogens is 3.